The number of unbranched alkanes of at least 4 members (excludes halogenated alkanes) is 10. The van der Waals surface area contributed by atoms with Crippen LogP contribution in [0.1, 0.15) is 104 Å². The predicted molar refractivity (Wildman–Crippen MR) is 121 cm³/mol. The molecule has 1 nitrogen and oxygen atoms in total. The Kier molecular flexibility index (Phi) is 25.3. The molecule has 0 atom stereocenters. The van der Waals surface area contributed by atoms with Gasteiger partial charge in [-0.2, -0.15) is 23.5 Å². The molecule has 0 aliphatic rings. The van der Waals surface area contributed by atoms with Crippen LogP contribution in [0.15, 0.2) is 0 Å². The number of hydrogen-bond donors (Lipinski definition) is 0. The van der Waals surface area contributed by atoms with Crippen LogP contribution in [0, 0.1) is 0 Å². The van der Waals surface area contributed by atoms with E-state index in [9.17, 15) is 0 Å². The minimum Gasteiger partial charge on any atom is -0.381 e. The van der Waals surface area contributed by atoms with Gasteiger partial charge in [-0.25, -0.2) is 0 Å². The summed E-state index contributed by atoms with van der Waals surface area (Å²) in [6.07, 6.45) is 19.4. The molecule has 0 aromatic rings. The van der Waals surface area contributed by atoms with Crippen molar-refractivity contribution in [3.8, 4) is 0 Å². The van der Waals surface area contributed by atoms with Crippen molar-refractivity contribution in [3.05, 3.63) is 0 Å². The molecule has 0 bridgehead atoms. The topological polar surface area (TPSA) is 9.23 Å². The molecule has 0 N–H and O–H groups in total. The molecule has 152 valence electrons. The van der Waals surface area contributed by atoms with Crippen molar-refractivity contribution >= 4 is 23.5 Å². The highest BCUT2D eigenvalue weighted by molar-refractivity contribution is 7.99. The maximum absolute atomic E-state index is 5.75. The van der Waals surface area contributed by atoms with Crippen LogP contribution in [0.3, 0.4) is 0 Å². The van der Waals surface area contributed by atoms with Gasteiger partial charge in [0.05, 0.1) is 0 Å². The molecule has 0 heterocycles. The highest BCUT2D eigenvalue weighted by atomic mass is 32.2. The highest BCUT2D eigenvalue weighted by Crippen LogP contribution is 2.12. The summed E-state index contributed by atoms with van der Waals surface area (Å²) in [5.41, 5.74) is 0. The molecule has 0 saturated heterocycles. The second kappa shape index (κ2) is 24.7. The summed E-state index contributed by atoms with van der Waals surface area (Å²) >= 11 is 4.23. The summed E-state index contributed by atoms with van der Waals surface area (Å²) in [5.74, 6) is 5.26. The molecule has 3 heteroatoms. The molecule has 0 aromatic carbocycles. The number of rotatable bonds is 22. The minimum absolute atomic E-state index is 0.964. The first-order valence-electron chi connectivity index (χ1n) is 11.1. The first-order chi connectivity index (χ1) is 12.4. The first-order valence-corrected chi connectivity index (χ1v) is 13.5. The van der Waals surface area contributed by atoms with Crippen molar-refractivity contribution in [1.82, 2.24) is 0 Å². The van der Waals surface area contributed by atoms with Crippen molar-refractivity contribution in [3.63, 3.8) is 0 Å². The van der Waals surface area contributed by atoms with Crippen molar-refractivity contribution in [2.24, 2.45) is 0 Å². The molecule has 0 amide bonds. The maximum atomic E-state index is 5.75. The number of thioether (sulfide) groups is 2. The van der Waals surface area contributed by atoms with Crippen LogP contribution in [-0.4, -0.2) is 36.2 Å². The third kappa shape index (κ3) is 24.7. The van der Waals surface area contributed by atoms with Crippen LogP contribution < -0.4 is 0 Å². The fourth-order valence-electron chi connectivity index (χ4n) is 2.80. The van der Waals surface area contributed by atoms with Crippen LogP contribution in [0.25, 0.3) is 0 Å². The quantitative estimate of drug-likeness (QED) is 0.173. The van der Waals surface area contributed by atoms with E-state index in [4.69, 9.17) is 4.74 Å². The molecule has 0 spiro atoms. The van der Waals surface area contributed by atoms with Gasteiger partial charge in [-0.1, -0.05) is 78.1 Å². The van der Waals surface area contributed by atoms with Crippen LogP contribution in [0.4, 0.5) is 0 Å². The summed E-state index contributed by atoms with van der Waals surface area (Å²) in [6.45, 7) is 6.50. The van der Waals surface area contributed by atoms with Crippen LogP contribution in [0.5, 0.6) is 0 Å². The van der Waals surface area contributed by atoms with Gasteiger partial charge in [0.15, 0.2) is 0 Å². The van der Waals surface area contributed by atoms with Gasteiger partial charge in [-0.15, -0.1) is 0 Å². The lowest BCUT2D eigenvalue weighted by atomic mass is 10.1. The maximum Gasteiger partial charge on any atom is 0.0473 e. The Morgan fingerprint density at radius 3 is 1.24 bits per heavy atom. The molecular formula is C22H46OS2. The van der Waals surface area contributed by atoms with Crippen molar-refractivity contribution in [2.45, 2.75) is 104 Å². The van der Waals surface area contributed by atoms with Crippen LogP contribution >= 0.6 is 23.5 Å². The molecule has 0 aliphatic heterocycles. The monoisotopic (exact) mass is 390 g/mol. The van der Waals surface area contributed by atoms with E-state index < -0.39 is 0 Å². The first kappa shape index (κ1) is 25.7. The van der Waals surface area contributed by atoms with Gasteiger partial charge in [0, 0.05) is 13.2 Å². The molecule has 0 aromatic heterocycles. The fraction of sp³-hybridized carbons (Fsp3) is 1.00. The summed E-state index contributed by atoms with van der Waals surface area (Å²) in [5, 5.41) is 0. The van der Waals surface area contributed by atoms with E-state index in [1.54, 1.807) is 0 Å². The fourth-order valence-corrected chi connectivity index (χ4v) is 4.67. The molecule has 0 rings (SSSR count). The Bertz CT molecular complexity index is 202. The van der Waals surface area contributed by atoms with Gasteiger partial charge < -0.3 is 4.74 Å². The summed E-state index contributed by atoms with van der Waals surface area (Å²) in [6, 6.07) is 0. The normalized spacial score (nSPS) is 11.3. The molecule has 0 aliphatic carbocycles. The van der Waals surface area contributed by atoms with Gasteiger partial charge in [0.25, 0.3) is 0 Å². The summed E-state index contributed by atoms with van der Waals surface area (Å²) in [4.78, 5) is 0. The predicted octanol–water partition coefficient (Wildman–Crippen LogP) is 7.97. The molecule has 0 radical (unpaired) electrons. The third-order valence-electron chi connectivity index (χ3n) is 4.44. The second-order valence-corrected chi connectivity index (χ2v) is 9.53. The van der Waals surface area contributed by atoms with E-state index in [0.717, 1.165) is 13.2 Å². The van der Waals surface area contributed by atoms with Crippen LogP contribution in [-0.2, 0) is 4.74 Å². The van der Waals surface area contributed by atoms with Crippen molar-refractivity contribution in [1.29, 1.82) is 0 Å². The SMILES string of the molecule is CCCCCCCCSCCCOCCCSCCCCCCCC. The zero-order valence-corrected chi connectivity index (χ0v) is 19.0. The van der Waals surface area contributed by atoms with Crippen molar-refractivity contribution in [2.75, 3.05) is 36.2 Å². The van der Waals surface area contributed by atoms with Crippen molar-refractivity contribution < 1.29 is 4.74 Å². The third-order valence-corrected chi connectivity index (χ3v) is 6.75. The van der Waals surface area contributed by atoms with E-state index in [-0.39, 0.29) is 0 Å². The molecule has 25 heavy (non-hydrogen) atoms. The minimum atomic E-state index is 0.964. The standard InChI is InChI=1S/C22H46OS2/c1-3-5-7-9-11-13-19-24-21-15-17-23-18-16-22-25-20-14-12-10-8-6-4-2/h3-22H2,1-2H3. The average Bonchev–Trinajstić information content (AvgIpc) is 2.63. The molecule has 0 saturated carbocycles. The summed E-state index contributed by atoms with van der Waals surface area (Å²) in [7, 11) is 0. The Balaban J connectivity index is 2.94. The van der Waals surface area contributed by atoms with E-state index in [1.807, 2.05) is 0 Å². The summed E-state index contributed by atoms with van der Waals surface area (Å²) < 4.78 is 5.75. The average molecular weight is 391 g/mol. The Labute approximate surface area is 168 Å². The lowest BCUT2D eigenvalue weighted by Gasteiger charge is -2.05. The van der Waals surface area contributed by atoms with Gasteiger partial charge in [-0.3, -0.25) is 0 Å². The zero-order valence-electron chi connectivity index (χ0n) is 17.4. The second-order valence-electron chi connectivity index (χ2n) is 7.08. The Morgan fingerprint density at radius 1 is 0.440 bits per heavy atom. The van der Waals surface area contributed by atoms with E-state index in [1.165, 1.54) is 113 Å². The zero-order chi connectivity index (χ0) is 18.3. The largest absolute Gasteiger partial charge is 0.381 e. The lowest BCUT2D eigenvalue weighted by molar-refractivity contribution is 0.137. The van der Waals surface area contributed by atoms with Gasteiger partial charge in [0.2, 0.25) is 0 Å². The van der Waals surface area contributed by atoms with E-state index in [0.29, 0.717) is 0 Å². The number of hydrogen-bond acceptors (Lipinski definition) is 3. The van der Waals surface area contributed by atoms with Gasteiger partial charge in [-0.05, 0) is 48.7 Å². The van der Waals surface area contributed by atoms with Crippen LogP contribution in [0.2, 0.25) is 0 Å². The molecule has 0 fully saturated rings. The molecular weight excluding hydrogens is 344 g/mol. The Morgan fingerprint density at radius 2 is 0.800 bits per heavy atom. The number of ether oxygens (including phenoxy) is 1. The van der Waals surface area contributed by atoms with Gasteiger partial charge in [0.1, 0.15) is 0 Å². The lowest BCUT2D eigenvalue weighted by Crippen LogP contribution is -2.00. The highest BCUT2D eigenvalue weighted by Gasteiger charge is 1.95. The van der Waals surface area contributed by atoms with E-state index in [2.05, 4.69) is 37.4 Å². The van der Waals surface area contributed by atoms with E-state index >= 15 is 0 Å². The Hall–Kier alpha value is 0.660. The molecule has 0 unspecified atom stereocenters. The smallest absolute Gasteiger partial charge is 0.0473 e. The van der Waals surface area contributed by atoms with Gasteiger partial charge >= 0.3 is 0 Å².